The molecule has 0 aliphatic rings. The number of carbonyl (C=O) groups is 1. The molecule has 6 nitrogen and oxygen atoms in total. The van der Waals surface area contributed by atoms with Crippen molar-refractivity contribution in [3.63, 3.8) is 0 Å². The normalized spacial score (nSPS) is 11.2. The van der Waals surface area contributed by atoms with Crippen LogP contribution >= 0.6 is 15.9 Å². The van der Waals surface area contributed by atoms with Gasteiger partial charge in [0, 0.05) is 10.5 Å². The lowest BCUT2D eigenvalue weighted by molar-refractivity contribution is -0.129. The Morgan fingerprint density at radius 1 is 1.22 bits per heavy atom. The molecular formula is C20H20BrNO5. The zero-order valence-corrected chi connectivity index (χ0v) is 16.4. The number of halogens is 1. The minimum absolute atomic E-state index is 0.142. The molecule has 0 aliphatic carbocycles. The molecule has 1 atom stereocenters. The van der Waals surface area contributed by atoms with Crippen molar-refractivity contribution in [3.05, 3.63) is 52.5 Å². The van der Waals surface area contributed by atoms with Crippen molar-refractivity contribution in [1.82, 2.24) is 5.32 Å². The molecule has 142 valence electrons. The molecule has 0 fully saturated rings. The molecular weight excluding hydrogens is 414 g/mol. The number of hydrogen-bond donors (Lipinski definition) is 2. The molecule has 2 N–H and O–H groups in total. The van der Waals surface area contributed by atoms with Crippen LogP contribution in [0.1, 0.15) is 11.7 Å². The van der Waals surface area contributed by atoms with Crippen molar-refractivity contribution in [1.29, 1.82) is 0 Å². The average Bonchev–Trinajstić information content (AvgIpc) is 2.69. The summed E-state index contributed by atoms with van der Waals surface area (Å²) in [6, 6.07) is 12.0. The second-order valence-corrected chi connectivity index (χ2v) is 6.31. The number of aliphatic hydroxyl groups is 1. The zero-order valence-electron chi connectivity index (χ0n) is 14.8. The monoisotopic (exact) mass is 433 g/mol. The standard InChI is InChI=1S/C20H20BrNO5/c1-3-11-27-17-9-8-16(13-18(17)25-2)26-12-10-22-20(24)19(23)14-4-6-15(21)7-5-14/h1,4-9,13,19,23H,10-12H2,2H3,(H,22,24). The Hall–Kier alpha value is -2.69. The van der Waals surface area contributed by atoms with Gasteiger partial charge in [-0.25, -0.2) is 0 Å². The molecule has 7 heteroatoms. The third-order valence-corrected chi connectivity index (χ3v) is 4.08. The Bertz CT molecular complexity index is 801. The van der Waals surface area contributed by atoms with Crippen LogP contribution in [0, 0.1) is 12.3 Å². The second-order valence-electron chi connectivity index (χ2n) is 5.40. The Morgan fingerprint density at radius 3 is 2.63 bits per heavy atom. The van der Waals surface area contributed by atoms with Gasteiger partial charge in [-0.05, 0) is 29.8 Å². The third-order valence-electron chi connectivity index (χ3n) is 3.55. The van der Waals surface area contributed by atoms with Crippen LogP contribution in [0.2, 0.25) is 0 Å². The molecule has 1 amide bonds. The van der Waals surface area contributed by atoms with Crippen LogP contribution in [0.25, 0.3) is 0 Å². The first-order chi connectivity index (χ1) is 13.0. The van der Waals surface area contributed by atoms with Crippen molar-refractivity contribution >= 4 is 21.8 Å². The van der Waals surface area contributed by atoms with Gasteiger partial charge in [0.05, 0.1) is 13.7 Å². The van der Waals surface area contributed by atoms with E-state index in [2.05, 4.69) is 27.2 Å². The fourth-order valence-corrected chi connectivity index (χ4v) is 2.48. The van der Waals surface area contributed by atoms with Gasteiger partial charge in [0.2, 0.25) is 0 Å². The van der Waals surface area contributed by atoms with Gasteiger partial charge in [-0.2, -0.15) is 0 Å². The van der Waals surface area contributed by atoms with E-state index in [-0.39, 0.29) is 19.8 Å². The minimum Gasteiger partial charge on any atom is -0.493 e. The highest BCUT2D eigenvalue weighted by Gasteiger charge is 2.16. The second kappa shape index (κ2) is 10.5. The number of aliphatic hydroxyl groups excluding tert-OH is 1. The maximum atomic E-state index is 12.0. The van der Waals surface area contributed by atoms with E-state index in [1.807, 2.05) is 0 Å². The molecule has 0 radical (unpaired) electrons. The highest BCUT2D eigenvalue weighted by molar-refractivity contribution is 9.10. The highest BCUT2D eigenvalue weighted by Crippen LogP contribution is 2.31. The van der Waals surface area contributed by atoms with Gasteiger partial charge in [0.25, 0.3) is 5.91 Å². The summed E-state index contributed by atoms with van der Waals surface area (Å²) in [6.45, 7) is 0.611. The van der Waals surface area contributed by atoms with E-state index in [0.29, 0.717) is 22.8 Å². The Labute approximate surface area is 166 Å². The van der Waals surface area contributed by atoms with Crippen LogP contribution in [0.5, 0.6) is 17.2 Å². The van der Waals surface area contributed by atoms with E-state index >= 15 is 0 Å². The van der Waals surface area contributed by atoms with Gasteiger partial charge in [0.15, 0.2) is 17.6 Å². The molecule has 0 aromatic heterocycles. The largest absolute Gasteiger partial charge is 0.493 e. The van der Waals surface area contributed by atoms with Crippen molar-refractivity contribution in [2.45, 2.75) is 6.10 Å². The summed E-state index contributed by atoms with van der Waals surface area (Å²) in [7, 11) is 1.52. The van der Waals surface area contributed by atoms with Crippen molar-refractivity contribution in [2.75, 3.05) is 26.9 Å². The molecule has 0 saturated heterocycles. The third kappa shape index (κ3) is 6.20. The summed E-state index contributed by atoms with van der Waals surface area (Å²) in [6.07, 6.45) is 3.94. The summed E-state index contributed by atoms with van der Waals surface area (Å²) in [5.41, 5.74) is 0.518. The first-order valence-corrected chi connectivity index (χ1v) is 8.92. The Morgan fingerprint density at radius 2 is 1.96 bits per heavy atom. The summed E-state index contributed by atoms with van der Waals surface area (Å²) < 4.78 is 17.1. The number of ether oxygens (including phenoxy) is 3. The Balaban J connectivity index is 1.81. The molecule has 1 unspecified atom stereocenters. The first kappa shape index (κ1) is 20.6. The van der Waals surface area contributed by atoms with Crippen molar-refractivity contribution < 1.29 is 24.1 Å². The van der Waals surface area contributed by atoms with Gasteiger partial charge in [-0.15, -0.1) is 6.42 Å². The van der Waals surface area contributed by atoms with Crippen molar-refractivity contribution in [2.24, 2.45) is 0 Å². The molecule has 2 aromatic carbocycles. The maximum Gasteiger partial charge on any atom is 0.253 e. The number of terminal acetylenes is 1. The van der Waals surface area contributed by atoms with E-state index in [9.17, 15) is 9.90 Å². The number of rotatable bonds is 9. The van der Waals surface area contributed by atoms with Gasteiger partial charge >= 0.3 is 0 Å². The van der Waals surface area contributed by atoms with Crippen LogP contribution in [-0.2, 0) is 4.79 Å². The molecule has 2 rings (SSSR count). The maximum absolute atomic E-state index is 12.0. The fraction of sp³-hybridized carbons (Fsp3) is 0.250. The predicted molar refractivity (Wildman–Crippen MR) is 105 cm³/mol. The van der Waals surface area contributed by atoms with Gasteiger partial charge in [-0.1, -0.05) is 34.0 Å². The van der Waals surface area contributed by atoms with E-state index < -0.39 is 12.0 Å². The lowest BCUT2D eigenvalue weighted by atomic mass is 10.1. The summed E-state index contributed by atoms with van der Waals surface area (Å²) in [4.78, 5) is 12.0. The average molecular weight is 434 g/mol. The van der Waals surface area contributed by atoms with Gasteiger partial charge in [0.1, 0.15) is 19.0 Å². The zero-order chi connectivity index (χ0) is 19.6. The van der Waals surface area contributed by atoms with Gasteiger partial charge < -0.3 is 24.6 Å². The van der Waals surface area contributed by atoms with Crippen LogP contribution < -0.4 is 19.5 Å². The first-order valence-electron chi connectivity index (χ1n) is 8.13. The molecule has 0 bridgehead atoms. The number of methoxy groups -OCH3 is 1. The fourth-order valence-electron chi connectivity index (χ4n) is 2.21. The molecule has 2 aromatic rings. The van der Waals surface area contributed by atoms with E-state index in [1.54, 1.807) is 42.5 Å². The number of nitrogens with one attached hydrogen (secondary N) is 1. The molecule has 0 saturated carbocycles. The number of benzene rings is 2. The Kier molecular flexibility index (Phi) is 7.99. The number of hydrogen-bond acceptors (Lipinski definition) is 5. The topological polar surface area (TPSA) is 77.0 Å². The lowest BCUT2D eigenvalue weighted by Crippen LogP contribution is -2.32. The molecule has 0 heterocycles. The number of amides is 1. The van der Waals surface area contributed by atoms with E-state index in [4.69, 9.17) is 20.6 Å². The summed E-state index contributed by atoms with van der Waals surface area (Å²) in [5, 5.41) is 12.7. The van der Waals surface area contributed by atoms with Crippen LogP contribution in [-0.4, -0.2) is 37.9 Å². The quantitative estimate of drug-likeness (QED) is 0.469. The molecule has 0 aliphatic heterocycles. The van der Waals surface area contributed by atoms with Crippen LogP contribution in [0.15, 0.2) is 46.9 Å². The SMILES string of the molecule is C#CCOc1ccc(OCCNC(=O)C(O)c2ccc(Br)cc2)cc1OC. The van der Waals surface area contributed by atoms with Gasteiger partial charge in [-0.3, -0.25) is 4.79 Å². The minimum atomic E-state index is -1.23. The van der Waals surface area contributed by atoms with Crippen LogP contribution in [0.3, 0.4) is 0 Å². The van der Waals surface area contributed by atoms with Crippen molar-refractivity contribution in [3.8, 4) is 29.6 Å². The predicted octanol–water partition coefficient (Wildman–Crippen LogP) is 2.70. The lowest BCUT2D eigenvalue weighted by Gasteiger charge is -2.13. The summed E-state index contributed by atoms with van der Waals surface area (Å²) in [5.74, 6) is 3.47. The van der Waals surface area contributed by atoms with E-state index in [0.717, 1.165) is 4.47 Å². The summed E-state index contributed by atoms with van der Waals surface area (Å²) >= 11 is 3.31. The molecule has 0 spiro atoms. The highest BCUT2D eigenvalue weighted by atomic mass is 79.9. The molecule has 27 heavy (non-hydrogen) atoms. The van der Waals surface area contributed by atoms with Crippen LogP contribution in [0.4, 0.5) is 0 Å². The smallest absolute Gasteiger partial charge is 0.253 e. The van der Waals surface area contributed by atoms with E-state index in [1.165, 1.54) is 7.11 Å². The number of carbonyl (C=O) groups excluding carboxylic acids is 1.